The zero-order valence-electron chi connectivity index (χ0n) is 11.2. The summed E-state index contributed by atoms with van der Waals surface area (Å²) in [5.41, 5.74) is 5.05. The van der Waals surface area contributed by atoms with Crippen molar-refractivity contribution < 1.29 is 9.90 Å². The lowest BCUT2D eigenvalue weighted by atomic mass is 9.94. The molecule has 2 atom stereocenters. The molecule has 0 saturated heterocycles. The number of hydrogen-bond acceptors (Lipinski definition) is 3. The Labute approximate surface area is 104 Å². The van der Waals surface area contributed by atoms with Gasteiger partial charge in [-0.2, -0.15) is 0 Å². The van der Waals surface area contributed by atoms with E-state index in [1.807, 2.05) is 0 Å². The summed E-state index contributed by atoms with van der Waals surface area (Å²) in [6, 6.07) is -0.00922. The standard InChI is InChI=1S/C13H26N2O2/c1-9(2)7-13(3,17)8-15-12(16)6-11(14)10-4-5-10/h9-11,17H,4-8,14H2,1-3H3,(H,15,16). The van der Waals surface area contributed by atoms with Gasteiger partial charge in [0.2, 0.25) is 5.91 Å². The molecule has 0 bridgehead atoms. The summed E-state index contributed by atoms with van der Waals surface area (Å²) >= 11 is 0. The van der Waals surface area contributed by atoms with Crippen molar-refractivity contribution >= 4 is 5.91 Å². The molecule has 0 aromatic carbocycles. The molecule has 4 heteroatoms. The first-order chi connectivity index (χ1) is 7.80. The normalized spacial score (nSPS) is 21.1. The van der Waals surface area contributed by atoms with Crippen LogP contribution in [0.1, 0.15) is 46.5 Å². The fourth-order valence-electron chi connectivity index (χ4n) is 2.22. The molecule has 1 aliphatic rings. The predicted octanol–water partition coefficient (Wildman–Crippen LogP) is 1.03. The molecule has 1 amide bonds. The van der Waals surface area contributed by atoms with Crippen molar-refractivity contribution in [2.24, 2.45) is 17.6 Å². The first kappa shape index (κ1) is 14.5. The Morgan fingerprint density at radius 3 is 2.59 bits per heavy atom. The minimum atomic E-state index is -0.826. The summed E-state index contributed by atoms with van der Waals surface area (Å²) in [6.45, 7) is 6.17. The zero-order chi connectivity index (χ0) is 13.1. The van der Waals surface area contributed by atoms with Crippen molar-refractivity contribution in [1.82, 2.24) is 5.32 Å². The van der Waals surface area contributed by atoms with Crippen LogP contribution in [-0.4, -0.2) is 29.2 Å². The van der Waals surface area contributed by atoms with E-state index in [1.54, 1.807) is 6.92 Å². The van der Waals surface area contributed by atoms with Crippen LogP contribution in [0.4, 0.5) is 0 Å². The molecule has 1 aliphatic carbocycles. The van der Waals surface area contributed by atoms with Gasteiger partial charge in [0, 0.05) is 19.0 Å². The Bertz CT molecular complexity index is 260. The van der Waals surface area contributed by atoms with Gasteiger partial charge in [-0.15, -0.1) is 0 Å². The molecule has 0 aliphatic heterocycles. The molecule has 100 valence electrons. The highest BCUT2D eigenvalue weighted by molar-refractivity contribution is 5.76. The number of carbonyl (C=O) groups excluding carboxylic acids is 1. The second-order valence-electron chi connectivity index (χ2n) is 6.08. The van der Waals surface area contributed by atoms with Gasteiger partial charge in [-0.3, -0.25) is 4.79 Å². The topological polar surface area (TPSA) is 75.3 Å². The molecule has 0 heterocycles. The van der Waals surface area contributed by atoms with E-state index < -0.39 is 5.60 Å². The fraction of sp³-hybridized carbons (Fsp3) is 0.923. The molecule has 1 saturated carbocycles. The summed E-state index contributed by atoms with van der Waals surface area (Å²) in [5, 5.41) is 12.8. The van der Waals surface area contributed by atoms with Gasteiger partial charge >= 0.3 is 0 Å². The number of hydrogen-bond donors (Lipinski definition) is 3. The van der Waals surface area contributed by atoms with E-state index in [-0.39, 0.29) is 11.9 Å². The Morgan fingerprint density at radius 2 is 2.12 bits per heavy atom. The van der Waals surface area contributed by atoms with Crippen LogP contribution in [0.15, 0.2) is 0 Å². The van der Waals surface area contributed by atoms with Gasteiger partial charge in [0.05, 0.1) is 5.60 Å². The second-order valence-corrected chi connectivity index (χ2v) is 6.08. The highest BCUT2D eigenvalue weighted by Gasteiger charge is 2.30. The van der Waals surface area contributed by atoms with Crippen LogP contribution in [0.2, 0.25) is 0 Å². The third kappa shape index (κ3) is 6.03. The van der Waals surface area contributed by atoms with Crippen LogP contribution in [0.5, 0.6) is 0 Å². The quantitative estimate of drug-likeness (QED) is 0.624. The van der Waals surface area contributed by atoms with Crippen molar-refractivity contribution in [3.63, 3.8) is 0 Å². The number of rotatable bonds is 7. The number of aliphatic hydroxyl groups is 1. The van der Waals surface area contributed by atoms with Gasteiger partial charge in [0.15, 0.2) is 0 Å². The van der Waals surface area contributed by atoms with E-state index >= 15 is 0 Å². The molecule has 1 rings (SSSR count). The summed E-state index contributed by atoms with van der Waals surface area (Å²) in [7, 11) is 0. The third-order valence-corrected chi connectivity index (χ3v) is 3.16. The first-order valence-corrected chi connectivity index (χ1v) is 6.55. The van der Waals surface area contributed by atoms with Gasteiger partial charge in [0.1, 0.15) is 0 Å². The first-order valence-electron chi connectivity index (χ1n) is 6.55. The maximum absolute atomic E-state index is 11.6. The average Bonchev–Trinajstić information content (AvgIpc) is 2.95. The van der Waals surface area contributed by atoms with Gasteiger partial charge in [-0.1, -0.05) is 13.8 Å². The number of nitrogens with one attached hydrogen (secondary N) is 1. The Morgan fingerprint density at radius 1 is 1.53 bits per heavy atom. The second kappa shape index (κ2) is 5.83. The van der Waals surface area contributed by atoms with Crippen LogP contribution in [0, 0.1) is 11.8 Å². The summed E-state index contributed by atoms with van der Waals surface area (Å²) in [5.74, 6) is 0.904. The van der Waals surface area contributed by atoms with Gasteiger partial charge in [-0.25, -0.2) is 0 Å². The van der Waals surface area contributed by atoms with E-state index in [9.17, 15) is 9.90 Å². The monoisotopic (exact) mass is 242 g/mol. The Hall–Kier alpha value is -0.610. The number of nitrogens with two attached hydrogens (primary N) is 1. The molecule has 1 fully saturated rings. The van der Waals surface area contributed by atoms with Gasteiger partial charge in [-0.05, 0) is 38.0 Å². The largest absolute Gasteiger partial charge is 0.388 e. The molecule has 4 nitrogen and oxygen atoms in total. The van der Waals surface area contributed by atoms with Crippen molar-refractivity contribution in [2.45, 2.75) is 58.1 Å². The smallest absolute Gasteiger partial charge is 0.221 e. The molecule has 2 unspecified atom stereocenters. The van der Waals surface area contributed by atoms with Gasteiger partial charge < -0.3 is 16.2 Å². The van der Waals surface area contributed by atoms with Crippen LogP contribution >= 0.6 is 0 Å². The summed E-state index contributed by atoms with van der Waals surface area (Å²) in [4.78, 5) is 11.6. The minimum Gasteiger partial charge on any atom is -0.388 e. The maximum atomic E-state index is 11.6. The van der Waals surface area contributed by atoms with Crippen LogP contribution < -0.4 is 11.1 Å². The minimum absolute atomic E-state index is 0.00922. The molecular formula is C13H26N2O2. The average molecular weight is 242 g/mol. The Balaban J connectivity index is 2.21. The zero-order valence-corrected chi connectivity index (χ0v) is 11.2. The van der Waals surface area contributed by atoms with E-state index in [0.717, 1.165) is 12.8 Å². The van der Waals surface area contributed by atoms with E-state index in [1.165, 1.54) is 0 Å². The third-order valence-electron chi connectivity index (χ3n) is 3.16. The Kier molecular flexibility index (Phi) is 4.95. The van der Waals surface area contributed by atoms with Crippen LogP contribution in [0.25, 0.3) is 0 Å². The summed E-state index contributed by atoms with van der Waals surface area (Å²) < 4.78 is 0. The molecule has 0 aromatic heterocycles. The highest BCUT2D eigenvalue weighted by Crippen LogP contribution is 2.32. The van der Waals surface area contributed by atoms with Gasteiger partial charge in [0.25, 0.3) is 0 Å². The fourth-order valence-corrected chi connectivity index (χ4v) is 2.22. The number of amides is 1. The van der Waals surface area contributed by atoms with E-state index in [4.69, 9.17) is 5.73 Å². The molecule has 0 spiro atoms. The molecule has 0 radical (unpaired) electrons. The van der Waals surface area contributed by atoms with Crippen LogP contribution in [0.3, 0.4) is 0 Å². The van der Waals surface area contributed by atoms with E-state index in [0.29, 0.717) is 31.2 Å². The molecular weight excluding hydrogens is 216 g/mol. The number of carbonyl (C=O) groups is 1. The lowest BCUT2D eigenvalue weighted by Gasteiger charge is -2.25. The van der Waals surface area contributed by atoms with Crippen molar-refractivity contribution in [2.75, 3.05) is 6.54 Å². The predicted molar refractivity (Wildman–Crippen MR) is 68.4 cm³/mol. The van der Waals surface area contributed by atoms with E-state index in [2.05, 4.69) is 19.2 Å². The SMILES string of the molecule is CC(C)CC(C)(O)CNC(=O)CC(N)C1CC1. The van der Waals surface area contributed by atoms with Crippen LogP contribution in [-0.2, 0) is 4.79 Å². The molecule has 17 heavy (non-hydrogen) atoms. The lowest BCUT2D eigenvalue weighted by molar-refractivity contribution is -0.122. The van der Waals surface area contributed by atoms with Crippen molar-refractivity contribution in [1.29, 1.82) is 0 Å². The molecule has 4 N–H and O–H groups in total. The van der Waals surface area contributed by atoms with Crippen molar-refractivity contribution in [3.8, 4) is 0 Å². The lowest BCUT2D eigenvalue weighted by Crippen LogP contribution is -2.43. The molecule has 0 aromatic rings. The van der Waals surface area contributed by atoms with Crippen molar-refractivity contribution in [3.05, 3.63) is 0 Å². The maximum Gasteiger partial charge on any atom is 0.221 e. The summed E-state index contributed by atoms with van der Waals surface area (Å²) in [6.07, 6.45) is 3.36. The highest BCUT2D eigenvalue weighted by atomic mass is 16.3.